The van der Waals surface area contributed by atoms with Crippen LogP contribution in [0.5, 0.6) is 0 Å². The Hall–Kier alpha value is -2.51. The molecule has 0 saturated carbocycles. The first-order chi connectivity index (χ1) is 12.3. The number of aromatic nitrogens is 2. The SMILES string of the molecule is Clc1cccc(NCc2nc(-c3ccco3)no2)c1N1CCOCC1. The van der Waals surface area contributed by atoms with Crippen LogP contribution in [0, 0.1) is 0 Å². The van der Waals surface area contributed by atoms with Gasteiger partial charge in [-0.3, -0.25) is 0 Å². The highest BCUT2D eigenvalue weighted by Gasteiger charge is 2.18. The third-order valence-corrected chi connectivity index (χ3v) is 4.26. The Bertz CT molecular complexity index is 828. The summed E-state index contributed by atoms with van der Waals surface area (Å²) in [5, 5.41) is 7.96. The van der Waals surface area contributed by atoms with Crippen LogP contribution in [-0.2, 0) is 11.3 Å². The molecule has 1 fully saturated rings. The predicted molar refractivity (Wildman–Crippen MR) is 93.8 cm³/mol. The first-order valence-electron chi connectivity index (χ1n) is 8.03. The summed E-state index contributed by atoms with van der Waals surface area (Å²) in [6.07, 6.45) is 1.57. The van der Waals surface area contributed by atoms with E-state index in [2.05, 4.69) is 20.4 Å². The normalized spacial score (nSPS) is 14.7. The molecule has 3 heterocycles. The fraction of sp³-hybridized carbons (Fsp3) is 0.294. The summed E-state index contributed by atoms with van der Waals surface area (Å²) < 4.78 is 16.0. The van der Waals surface area contributed by atoms with Crippen molar-refractivity contribution < 1.29 is 13.7 Å². The number of anilines is 2. The topological polar surface area (TPSA) is 76.6 Å². The van der Waals surface area contributed by atoms with E-state index in [0.29, 0.717) is 42.3 Å². The average molecular weight is 361 g/mol. The van der Waals surface area contributed by atoms with E-state index in [0.717, 1.165) is 24.5 Å². The van der Waals surface area contributed by atoms with Crippen molar-refractivity contribution in [3.8, 4) is 11.6 Å². The number of rotatable bonds is 5. The van der Waals surface area contributed by atoms with Crippen molar-refractivity contribution in [3.63, 3.8) is 0 Å². The Morgan fingerprint density at radius 2 is 2.04 bits per heavy atom. The van der Waals surface area contributed by atoms with Crippen molar-refractivity contribution >= 4 is 23.0 Å². The van der Waals surface area contributed by atoms with Crippen molar-refractivity contribution in [2.45, 2.75) is 6.54 Å². The maximum Gasteiger partial charge on any atom is 0.246 e. The molecule has 3 aromatic rings. The monoisotopic (exact) mass is 360 g/mol. The number of halogens is 1. The van der Waals surface area contributed by atoms with Crippen LogP contribution in [0.2, 0.25) is 5.02 Å². The number of furan rings is 1. The minimum atomic E-state index is 0.394. The van der Waals surface area contributed by atoms with Gasteiger partial charge in [0, 0.05) is 13.1 Å². The van der Waals surface area contributed by atoms with E-state index < -0.39 is 0 Å². The quantitative estimate of drug-likeness (QED) is 0.746. The standard InChI is InChI=1S/C17H17ClN4O3/c18-12-3-1-4-13(16(12)22-6-9-23-10-7-22)19-11-15-20-17(21-25-15)14-5-2-8-24-14/h1-5,8,19H,6-7,9-11H2. The van der Waals surface area contributed by atoms with Crippen molar-refractivity contribution in [2.75, 3.05) is 36.5 Å². The maximum absolute atomic E-state index is 6.43. The molecule has 0 atom stereocenters. The lowest BCUT2D eigenvalue weighted by Gasteiger charge is -2.31. The molecule has 0 spiro atoms. The van der Waals surface area contributed by atoms with Gasteiger partial charge in [-0.2, -0.15) is 4.98 Å². The van der Waals surface area contributed by atoms with E-state index in [1.165, 1.54) is 0 Å². The summed E-state index contributed by atoms with van der Waals surface area (Å²) in [6, 6.07) is 9.36. The van der Waals surface area contributed by atoms with Crippen LogP contribution in [0.4, 0.5) is 11.4 Å². The molecule has 1 aliphatic heterocycles. The van der Waals surface area contributed by atoms with E-state index in [9.17, 15) is 0 Å². The number of benzene rings is 1. The largest absolute Gasteiger partial charge is 0.461 e. The summed E-state index contributed by atoms with van der Waals surface area (Å²) in [4.78, 5) is 6.55. The lowest BCUT2D eigenvalue weighted by Crippen LogP contribution is -2.36. The number of morpholine rings is 1. The summed E-state index contributed by atoms with van der Waals surface area (Å²) in [5.41, 5.74) is 1.89. The molecule has 1 aromatic carbocycles. The fourth-order valence-electron chi connectivity index (χ4n) is 2.77. The Morgan fingerprint density at radius 3 is 2.84 bits per heavy atom. The zero-order chi connectivity index (χ0) is 17.1. The molecule has 1 saturated heterocycles. The second-order valence-electron chi connectivity index (χ2n) is 5.58. The van der Waals surface area contributed by atoms with Gasteiger partial charge in [0.2, 0.25) is 11.7 Å². The van der Waals surface area contributed by atoms with Crippen molar-refractivity contribution in [2.24, 2.45) is 0 Å². The molecule has 0 aliphatic carbocycles. The predicted octanol–water partition coefficient (Wildman–Crippen LogP) is 3.43. The molecule has 8 heteroatoms. The van der Waals surface area contributed by atoms with Crippen LogP contribution in [0.3, 0.4) is 0 Å². The molecule has 2 aromatic heterocycles. The van der Waals surface area contributed by atoms with Crippen LogP contribution >= 0.6 is 11.6 Å². The first kappa shape index (κ1) is 16.0. The van der Waals surface area contributed by atoms with Gasteiger partial charge >= 0.3 is 0 Å². The van der Waals surface area contributed by atoms with Gasteiger partial charge in [-0.25, -0.2) is 0 Å². The van der Waals surface area contributed by atoms with Gasteiger partial charge in [-0.1, -0.05) is 22.8 Å². The summed E-state index contributed by atoms with van der Waals surface area (Å²) >= 11 is 6.43. The number of para-hydroxylation sites is 1. The number of nitrogens with zero attached hydrogens (tertiary/aromatic N) is 3. The Kier molecular flexibility index (Phi) is 4.58. The van der Waals surface area contributed by atoms with Crippen LogP contribution in [0.15, 0.2) is 45.5 Å². The zero-order valence-corrected chi connectivity index (χ0v) is 14.2. The molecule has 130 valence electrons. The Morgan fingerprint density at radius 1 is 1.16 bits per heavy atom. The smallest absolute Gasteiger partial charge is 0.246 e. The minimum absolute atomic E-state index is 0.394. The second-order valence-corrected chi connectivity index (χ2v) is 5.99. The van der Waals surface area contributed by atoms with Gasteiger partial charge in [-0.15, -0.1) is 0 Å². The van der Waals surface area contributed by atoms with Crippen LogP contribution in [-0.4, -0.2) is 36.4 Å². The molecule has 4 rings (SSSR count). The number of hydrogen-bond donors (Lipinski definition) is 1. The number of hydrogen-bond acceptors (Lipinski definition) is 7. The first-order valence-corrected chi connectivity index (χ1v) is 8.40. The highest BCUT2D eigenvalue weighted by molar-refractivity contribution is 6.34. The van der Waals surface area contributed by atoms with Gasteiger partial charge in [-0.05, 0) is 24.3 Å². The van der Waals surface area contributed by atoms with E-state index in [4.69, 9.17) is 25.3 Å². The van der Waals surface area contributed by atoms with Crippen molar-refractivity contribution in [1.29, 1.82) is 0 Å². The highest BCUT2D eigenvalue weighted by atomic mass is 35.5. The lowest BCUT2D eigenvalue weighted by molar-refractivity contribution is 0.123. The highest BCUT2D eigenvalue weighted by Crippen LogP contribution is 2.34. The third-order valence-electron chi connectivity index (χ3n) is 3.95. The summed E-state index contributed by atoms with van der Waals surface area (Å²) in [7, 11) is 0. The molecule has 1 N–H and O–H groups in total. The molecule has 1 aliphatic rings. The molecular weight excluding hydrogens is 344 g/mol. The molecule has 0 unspecified atom stereocenters. The second kappa shape index (κ2) is 7.16. The summed E-state index contributed by atoms with van der Waals surface area (Å²) in [6.45, 7) is 3.40. The van der Waals surface area contributed by atoms with E-state index in [-0.39, 0.29) is 0 Å². The molecule has 0 radical (unpaired) electrons. The van der Waals surface area contributed by atoms with Crippen molar-refractivity contribution in [1.82, 2.24) is 10.1 Å². The van der Waals surface area contributed by atoms with Gasteiger partial charge < -0.3 is 23.9 Å². The Balaban J connectivity index is 1.50. The fourth-order valence-corrected chi connectivity index (χ4v) is 3.06. The third kappa shape index (κ3) is 3.47. The van der Waals surface area contributed by atoms with Gasteiger partial charge in [0.15, 0.2) is 5.76 Å². The lowest BCUT2D eigenvalue weighted by atomic mass is 10.2. The van der Waals surface area contributed by atoms with Crippen LogP contribution in [0.1, 0.15) is 5.89 Å². The van der Waals surface area contributed by atoms with E-state index in [1.807, 2.05) is 18.2 Å². The van der Waals surface area contributed by atoms with Gasteiger partial charge in [0.1, 0.15) is 0 Å². The van der Waals surface area contributed by atoms with Gasteiger partial charge in [0.05, 0.1) is 42.4 Å². The Labute approximate surface area is 149 Å². The summed E-state index contributed by atoms with van der Waals surface area (Å²) in [5.74, 6) is 1.48. The van der Waals surface area contributed by atoms with E-state index in [1.54, 1.807) is 18.4 Å². The van der Waals surface area contributed by atoms with Gasteiger partial charge in [0.25, 0.3) is 0 Å². The number of nitrogens with one attached hydrogen (secondary N) is 1. The average Bonchev–Trinajstić information content (AvgIpc) is 3.32. The number of ether oxygens (including phenoxy) is 1. The molecular formula is C17H17ClN4O3. The van der Waals surface area contributed by atoms with Crippen LogP contribution < -0.4 is 10.2 Å². The maximum atomic E-state index is 6.43. The van der Waals surface area contributed by atoms with E-state index >= 15 is 0 Å². The molecule has 25 heavy (non-hydrogen) atoms. The molecule has 0 bridgehead atoms. The molecule has 7 nitrogen and oxygen atoms in total. The molecule has 0 amide bonds. The zero-order valence-electron chi connectivity index (χ0n) is 13.4. The van der Waals surface area contributed by atoms with Crippen molar-refractivity contribution in [3.05, 3.63) is 47.5 Å². The van der Waals surface area contributed by atoms with Crippen LogP contribution in [0.25, 0.3) is 11.6 Å². The minimum Gasteiger partial charge on any atom is -0.461 e.